The average molecular weight is 534 g/mol. The highest BCUT2D eigenvalue weighted by atomic mass is 35.5. The molecule has 0 aromatic heterocycles. The van der Waals surface area contributed by atoms with Gasteiger partial charge in [0.05, 0.1) is 11.3 Å². The first kappa shape index (κ1) is 29.2. The zero-order valence-electron chi connectivity index (χ0n) is 18.0. The molecule has 2 amide bonds. The van der Waals surface area contributed by atoms with Crippen LogP contribution in [0.25, 0.3) is 0 Å². The maximum atomic E-state index is 12.1. The third-order valence-electron chi connectivity index (χ3n) is 3.94. The summed E-state index contributed by atoms with van der Waals surface area (Å²) in [6, 6.07) is 10.2. The van der Waals surface area contributed by atoms with Gasteiger partial charge in [-0.2, -0.15) is 0 Å². The number of alkyl halides is 2. The van der Waals surface area contributed by atoms with Crippen molar-refractivity contribution in [2.45, 2.75) is 30.6 Å². The largest absolute Gasteiger partial charge is 0.478 e. The minimum atomic E-state index is -4.35. The molecule has 0 saturated heterocycles. The molecule has 0 heterocycles. The first-order chi connectivity index (χ1) is 16.0. The lowest BCUT2D eigenvalue weighted by Gasteiger charge is -2.16. The van der Waals surface area contributed by atoms with E-state index < -0.39 is 26.8 Å². The van der Waals surface area contributed by atoms with Crippen molar-refractivity contribution in [1.82, 2.24) is 0 Å². The number of hydrogen-bond donors (Lipinski definition) is 4. The number of carbonyl (C=O) groups is 3. The average Bonchev–Trinajstić information content (AvgIpc) is 2.77. The highest BCUT2D eigenvalue weighted by Crippen LogP contribution is 2.37. The Labute approximate surface area is 207 Å². The monoisotopic (exact) mass is 533 g/mol. The van der Waals surface area contributed by atoms with Crippen molar-refractivity contribution >= 4 is 56.7 Å². The van der Waals surface area contributed by atoms with Crippen LogP contribution in [0.4, 0.5) is 5.69 Å². The predicted molar refractivity (Wildman–Crippen MR) is 129 cm³/mol. The van der Waals surface area contributed by atoms with Crippen LogP contribution in [0.2, 0.25) is 0 Å². The molecule has 0 unspecified atom stereocenters. The van der Waals surface area contributed by atoms with Crippen molar-refractivity contribution in [1.29, 1.82) is 0 Å². The van der Waals surface area contributed by atoms with Gasteiger partial charge in [-0.3, -0.25) is 9.59 Å². The predicted octanol–water partition coefficient (Wildman–Crippen LogP) is 3.27. The van der Waals surface area contributed by atoms with Gasteiger partial charge < -0.3 is 20.9 Å². The van der Waals surface area contributed by atoms with Crippen LogP contribution in [0.1, 0.15) is 36.0 Å². The number of carbonyl (C=O) groups excluding carboxylic acids is 2. The topological polar surface area (TPSA) is 179 Å². The molecular formula is C21H25Cl2N3O7S. The summed E-state index contributed by atoms with van der Waals surface area (Å²) in [5.74, 6) is -1.35. The molecule has 0 spiro atoms. The number of halogens is 2. The maximum absolute atomic E-state index is 12.1. The van der Waals surface area contributed by atoms with E-state index in [9.17, 15) is 27.9 Å². The first-order valence-electron chi connectivity index (χ1n) is 9.86. The van der Waals surface area contributed by atoms with E-state index >= 15 is 0 Å². The van der Waals surface area contributed by atoms with Crippen molar-refractivity contribution in [3.63, 3.8) is 0 Å². The number of primary amides is 1. The molecule has 0 radical (unpaired) electrons. The molecule has 6 N–H and O–H groups in total. The van der Waals surface area contributed by atoms with Crippen molar-refractivity contribution in [3.8, 4) is 11.5 Å². The van der Waals surface area contributed by atoms with Crippen LogP contribution in [0.3, 0.4) is 0 Å². The summed E-state index contributed by atoms with van der Waals surface area (Å²) in [5, 5.41) is 16.9. The number of carboxylic acids is 1. The molecular weight excluding hydrogens is 509 g/mol. The molecule has 10 nitrogen and oxygen atoms in total. The van der Waals surface area contributed by atoms with Gasteiger partial charge in [-0.05, 0) is 37.1 Å². The molecule has 2 rings (SSSR count). The molecule has 0 saturated carbocycles. The number of hydrogen-bond acceptors (Lipinski definition) is 6. The minimum Gasteiger partial charge on any atom is -0.478 e. The fourth-order valence-corrected chi connectivity index (χ4v) is 3.39. The lowest BCUT2D eigenvalue weighted by Crippen LogP contribution is -2.18. The van der Waals surface area contributed by atoms with Crippen molar-refractivity contribution in [2.24, 2.45) is 10.9 Å². The number of carboxylic acid groups (broad SMARTS) is 1. The van der Waals surface area contributed by atoms with E-state index in [0.29, 0.717) is 25.1 Å². The number of nitrogens with two attached hydrogens (primary N) is 2. The highest BCUT2D eigenvalue weighted by Gasteiger charge is 2.24. The third kappa shape index (κ3) is 10.4. The Morgan fingerprint density at radius 2 is 1.59 bits per heavy atom. The molecule has 2 aromatic rings. The van der Waals surface area contributed by atoms with E-state index in [1.807, 2.05) is 0 Å². The lowest BCUT2D eigenvalue weighted by molar-refractivity contribution is -0.118. The van der Waals surface area contributed by atoms with Gasteiger partial charge in [0.1, 0.15) is 10.6 Å². The Kier molecular flexibility index (Phi) is 12.4. The number of aromatic carboxylic acids is 1. The van der Waals surface area contributed by atoms with Crippen LogP contribution < -0.4 is 20.9 Å². The van der Waals surface area contributed by atoms with Gasteiger partial charge in [0.25, 0.3) is 0 Å². The molecule has 0 aliphatic carbocycles. The number of ether oxygens (including phenoxy) is 1. The van der Waals surface area contributed by atoms with E-state index in [1.165, 1.54) is 0 Å². The van der Waals surface area contributed by atoms with Crippen molar-refractivity contribution in [2.75, 3.05) is 17.1 Å². The molecule has 2 aromatic carbocycles. The quantitative estimate of drug-likeness (QED) is 0.319. The van der Waals surface area contributed by atoms with Gasteiger partial charge in [-0.25, -0.2) is 18.4 Å². The van der Waals surface area contributed by atoms with Crippen LogP contribution in [0.5, 0.6) is 11.5 Å². The van der Waals surface area contributed by atoms with E-state index in [1.54, 1.807) is 30.3 Å². The van der Waals surface area contributed by atoms with Gasteiger partial charge >= 0.3 is 5.97 Å². The summed E-state index contributed by atoms with van der Waals surface area (Å²) in [4.78, 5) is 32.8. The number of amides is 2. The van der Waals surface area contributed by atoms with Gasteiger partial charge in [0, 0.05) is 24.6 Å². The molecule has 13 heteroatoms. The Morgan fingerprint density at radius 1 is 1.00 bits per heavy atom. The zero-order chi connectivity index (χ0) is 25.7. The highest BCUT2D eigenvalue weighted by molar-refractivity contribution is 7.89. The van der Waals surface area contributed by atoms with Crippen LogP contribution in [0, 0.1) is 0 Å². The van der Waals surface area contributed by atoms with Crippen LogP contribution in [0.15, 0.2) is 47.4 Å². The third-order valence-corrected chi connectivity index (χ3v) is 5.39. The number of benzene rings is 2. The smallest absolute Gasteiger partial charge is 0.335 e. The molecule has 0 aliphatic rings. The van der Waals surface area contributed by atoms with Crippen LogP contribution >= 0.6 is 23.2 Å². The summed E-state index contributed by atoms with van der Waals surface area (Å²) < 4.78 is 29.6. The summed E-state index contributed by atoms with van der Waals surface area (Å²) in [6.07, 6.45) is 1.56. The summed E-state index contributed by atoms with van der Waals surface area (Å²) in [5.41, 5.74) is 4.29. The fourth-order valence-electron chi connectivity index (χ4n) is 2.42. The molecule has 186 valence electrons. The lowest BCUT2D eigenvalue weighted by atomic mass is 10.1. The molecule has 34 heavy (non-hydrogen) atoms. The number of para-hydroxylation sites is 1. The number of primary sulfonamides is 1. The molecule has 0 atom stereocenters. The summed E-state index contributed by atoms with van der Waals surface area (Å²) in [7, 11) is -4.35. The number of sulfonamides is 1. The SMILES string of the molecule is NC(=O)CCCCl.NS(=O)(=O)c1cc(C(=O)O)cc(NC(=O)CCCCl)c1Oc1ccccc1. The summed E-state index contributed by atoms with van der Waals surface area (Å²) in [6.45, 7) is 0. The van der Waals surface area contributed by atoms with Crippen LogP contribution in [-0.2, 0) is 19.6 Å². The zero-order valence-corrected chi connectivity index (χ0v) is 20.3. The van der Waals surface area contributed by atoms with Gasteiger partial charge in [-0.15, -0.1) is 23.2 Å². The normalized spacial score (nSPS) is 10.6. The number of anilines is 1. The van der Waals surface area contributed by atoms with Crippen molar-refractivity contribution in [3.05, 3.63) is 48.0 Å². The van der Waals surface area contributed by atoms with Gasteiger partial charge in [0.2, 0.25) is 21.8 Å². The Bertz CT molecular complexity index is 1100. The molecule has 0 fully saturated rings. The minimum absolute atomic E-state index is 0.0658. The Balaban J connectivity index is 0.000000718. The van der Waals surface area contributed by atoms with Gasteiger partial charge in [-0.1, -0.05) is 18.2 Å². The van der Waals surface area contributed by atoms with Crippen molar-refractivity contribution < 1.29 is 32.6 Å². The van der Waals surface area contributed by atoms with Gasteiger partial charge in [0.15, 0.2) is 5.75 Å². The standard InChI is InChI=1S/C17H17ClN2O6S.C4H8ClNO/c18-8-4-7-15(21)20-13-9-11(17(22)23)10-14(27(19,24)25)16(13)26-12-5-2-1-3-6-12;5-3-1-2-4(6)7/h1-3,5-6,9-10H,4,7-8H2,(H,20,21)(H,22,23)(H2,19,24,25);1-3H2,(H2,6,7). The van der Waals surface area contributed by atoms with E-state index in [4.69, 9.17) is 38.8 Å². The van der Waals surface area contributed by atoms with Crippen LogP contribution in [-0.4, -0.2) is 43.1 Å². The second-order valence-corrected chi connectivity index (χ2v) is 9.00. The Morgan fingerprint density at radius 3 is 2.06 bits per heavy atom. The number of nitrogens with one attached hydrogen (secondary N) is 1. The molecule has 0 bridgehead atoms. The fraction of sp³-hybridized carbons (Fsp3) is 0.286. The second kappa shape index (κ2) is 14.4. The van der Waals surface area contributed by atoms with E-state index in [0.717, 1.165) is 12.1 Å². The Hall–Kier alpha value is -2.86. The van der Waals surface area contributed by atoms with E-state index in [2.05, 4.69) is 5.32 Å². The summed E-state index contributed by atoms with van der Waals surface area (Å²) >= 11 is 10.8. The first-order valence-corrected chi connectivity index (χ1v) is 12.5. The molecule has 0 aliphatic heterocycles. The van der Waals surface area contributed by atoms with E-state index in [-0.39, 0.29) is 41.0 Å². The maximum Gasteiger partial charge on any atom is 0.335 e. The second-order valence-electron chi connectivity index (χ2n) is 6.72. The number of rotatable bonds is 11.